The molecule has 4 nitrogen and oxygen atoms in total. The van der Waals surface area contributed by atoms with Gasteiger partial charge in [0.15, 0.2) is 11.6 Å². The first kappa shape index (κ1) is 26.2. The van der Waals surface area contributed by atoms with Crippen LogP contribution in [-0.2, 0) is 17.6 Å². The summed E-state index contributed by atoms with van der Waals surface area (Å²) in [5.74, 6) is -3.90. The van der Waals surface area contributed by atoms with Crippen LogP contribution in [0.5, 0.6) is 0 Å². The number of aliphatic hydroxyl groups excluding tert-OH is 1. The van der Waals surface area contributed by atoms with Crippen LogP contribution >= 0.6 is 24.0 Å². The van der Waals surface area contributed by atoms with Gasteiger partial charge in [-0.2, -0.15) is 0 Å². The van der Waals surface area contributed by atoms with Gasteiger partial charge in [0, 0.05) is 24.1 Å². The van der Waals surface area contributed by atoms with Crippen LogP contribution in [0.3, 0.4) is 0 Å². The number of benzene rings is 2. The third-order valence-corrected chi connectivity index (χ3v) is 4.81. The normalized spacial score (nSPS) is 12.4. The van der Waals surface area contributed by atoms with E-state index < -0.39 is 35.1 Å². The van der Waals surface area contributed by atoms with Crippen molar-refractivity contribution < 1.29 is 28.2 Å². The summed E-state index contributed by atoms with van der Waals surface area (Å²) in [4.78, 5) is 10.7. The second kappa shape index (κ2) is 11.0. The predicted octanol–water partition coefficient (Wildman–Crippen LogP) is 4.84. The van der Waals surface area contributed by atoms with Gasteiger partial charge in [0.2, 0.25) is 0 Å². The van der Waals surface area contributed by atoms with E-state index in [4.69, 9.17) is 16.7 Å². The van der Waals surface area contributed by atoms with Crippen LogP contribution in [0, 0.1) is 17.5 Å². The molecular formula is C21H24Cl2F3NO3. The number of halogens is 5. The lowest BCUT2D eigenvalue weighted by Crippen LogP contribution is -2.43. The zero-order valence-corrected chi connectivity index (χ0v) is 18.1. The van der Waals surface area contributed by atoms with E-state index in [1.165, 1.54) is 18.2 Å². The molecule has 0 aliphatic rings. The molecule has 166 valence electrons. The van der Waals surface area contributed by atoms with Crippen LogP contribution in [0.4, 0.5) is 13.2 Å². The molecule has 3 N–H and O–H groups in total. The summed E-state index contributed by atoms with van der Waals surface area (Å²) in [5, 5.41) is 22.2. The molecule has 0 saturated heterocycles. The lowest BCUT2D eigenvalue weighted by atomic mass is 9.94. The van der Waals surface area contributed by atoms with Crippen molar-refractivity contribution in [1.29, 1.82) is 0 Å². The third kappa shape index (κ3) is 7.47. The topological polar surface area (TPSA) is 69.6 Å². The summed E-state index contributed by atoms with van der Waals surface area (Å²) in [7, 11) is 0. The van der Waals surface area contributed by atoms with Crippen LogP contribution in [0.25, 0.3) is 0 Å². The summed E-state index contributed by atoms with van der Waals surface area (Å²) < 4.78 is 41.6. The fourth-order valence-electron chi connectivity index (χ4n) is 3.01. The molecule has 2 rings (SSSR count). The van der Waals surface area contributed by atoms with Crippen LogP contribution in [-0.4, -0.2) is 28.3 Å². The van der Waals surface area contributed by atoms with E-state index >= 15 is 0 Å². The molecular weight excluding hydrogens is 442 g/mol. The number of aliphatic hydroxyl groups is 1. The molecule has 0 aromatic heterocycles. The number of β-amino-alcohol motifs (C(OH)–C–C–N with tert-alkyl or cyclic N) is 1. The molecule has 2 aromatic carbocycles. The highest BCUT2D eigenvalue weighted by atomic mass is 35.5. The molecule has 9 heteroatoms. The average Bonchev–Trinajstić information content (AvgIpc) is 2.63. The minimum atomic E-state index is -1.35. The van der Waals surface area contributed by atoms with Crippen molar-refractivity contribution >= 4 is 30.0 Å². The smallest absolute Gasteiger partial charge is 0.303 e. The largest absolute Gasteiger partial charge is 0.481 e. The van der Waals surface area contributed by atoms with E-state index in [1.807, 2.05) is 13.8 Å². The highest BCUT2D eigenvalue weighted by molar-refractivity contribution is 6.30. The first-order chi connectivity index (χ1) is 13.5. The number of carbonyl (C=O) groups is 1. The Kier molecular flexibility index (Phi) is 9.62. The van der Waals surface area contributed by atoms with E-state index in [9.17, 15) is 23.1 Å². The zero-order chi connectivity index (χ0) is 21.8. The van der Waals surface area contributed by atoms with Crippen LogP contribution in [0.1, 0.15) is 43.1 Å². The Balaban J connectivity index is 0.00000450. The van der Waals surface area contributed by atoms with Gasteiger partial charge in [-0.05, 0) is 62.1 Å². The van der Waals surface area contributed by atoms with Crippen LogP contribution < -0.4 is 5.32 Å². The Labute approximate surface area is 184 Å². The second-order valence-corrected chi connectivity index (χ2v) is 7.99. The molecule has 0 aliphatic heterocycles. The number of aliphatic carboxylic acids is 1. The molecule has 0 unspecified atom stereocenters. The third-order valence-electron chi connectivity index (χ3n) is 4.51. The van der Waals surface area contributed by atoms with Gasteiger partial charge in [-0.25, -0.2) is 13.2 Å². The van der Waals surface area contributed by atoms with Crippen LogP contribution in [0.2, 0.25) is 5.02 Å². The number of hydrogen-bond donors (Lipinski definition) is 3. The van der Waals surface area contributed by atoms with E-state index in [-0.39, 0.29) is 47.9 Å². The molecule has 0 spiro atoms. The van der Waals surface area contributed by atoms with E-state index in [0.29, 0.717) is 12.0 Å². The summed E-state index contributed by atoms with van der Waals surface area (Å²) in [6.45, 7) is 3.57. The van der Waals surface area contributed by atoms with Crippen molar-refractivity contribution in [2.45, 2.75) is 44.8 Å². The lowest BCUT2D eigenvalue weighted by Gasteiger charge is -2.28. The minimum absolute atomic E-state index is 0. The van der Waals surface area contributed by atoms with Crippen LogP contribution in [0.15, 0.2) is 30.3 Å². The van der Waals surface area contributed by atoms with Gasteiger partial charge in [-0.3, -0.25) is 4.79 Å². The minimum Gasteiger partial charge on any atom is -0.481 e. The number of carboxylic acids is 1. The Bertz CT molecular complexity index is 894. The van der Waals surface area contributed by atoms with Gasteiger partial charge >= 0.3 is 5.97 Å². The maximum Gasteiger partial charge on any atom is 0.303 e. The number of carboxylic acid groups (broad SMARTS) is 1. The molecule has 0 heterocycles. The van der Waals surface area contributed by atoms with Gasteiger partial charge in [0.25, 0.3) is 0 Å². The average molecular weight is 466 g/mol. The van der Waals surface area contributed by atoms with Crippen molar-refractivity contribution in [2.75, 3.05) is 6.54 Å². The van der Waals surface area contributed by atoms with Crippen molar-refractivity contribution in [2.24, 2.45) is 0 Å². The zero-order valence-electron chi connectivity index (χ0n) is 16.5. The van der Waals surface area contributed by atoms with E-state index in [1.54, 1.807) is 6.07 Å². The molecule has 1 atom stereocenters. The Morgan fingerprint density at radius 2 is 1.77 bits per heavy atom. The Hall–Kier alpha value is -1.80. The fraction of sp³-hybridized carbons (Fsp3) is 0.381. The van der Waals surface area contributed by atoms with Gasteiger partial charge < -0.3 is 15.5 Å². The molecule has 0 bridgehead atoms. The Morgan fingerprint density at radius 3 is 2.37 bits per heavy atom. The van der Waals surface area contributed by atoms with Crippen molar-refractivity contribution in [3.05, 3.63) is 69.5 Å². The maximum absolute atomic E-state index is 14.1. The summed E-state index contributed by atoms with van der Waals surface area (Å²) in [6.07, 6.45) is -1.16. The van der Waals surface area contributed by atoms with Gasteiger partial charge in [0.05, 0.1) is 11.1 Å². The maximum atomic E-state index is 14.1. The van der Waals surface area contributed by atoms with Gasteiger partial charge in [-0.1, -0.05) is 17.7 Å². The molecule has 0 radical (unpaired) electrons. The summed E-state index contributed by atoms with van der Waals surface area (Å²) >= 11 is 5.68. The monoisotopic (exact) mass is 465 g/mol. The molecule has 0 amide bonds. The number of aryl methyl sites for hydroxylation is 1. The summed E-state index contributed by atoms with van der Waals surface area (Å²) in [5.41, 5.74) is 0.145. The predicted molar refractivity (Wildman–Crippen MR) is 112 cm³/mol. The lowest BCUT2D eigenvalue weighted by molar-refractivity contribution is -0.136. The first-order valence-electron chi connectivity index (χ1n) is 9.05. The number of rotatable bonds is 9. The fourth-order valence-corrected chi connectivity index (χ4v) is 3.13. The molecule has 0 fully saturated rings. The second-order valence-electron chi connectivity index (χ2n) is 7.58. The van der Waals surface area contributed by atoms with E-state index in [2.05, 4.69) is 5.32 Å². The SMILES string of the molecule is CC(C)(Cc1ccc(Cl)c(F)c1)NC[C@@H](O)c1cc(CCC(=O)O)cc(F)c1F.Cl. The quantitative estimate of drug-likeness (QED) is 0.495. The van der Waals surface area contributed by atoms with Crippen molar-refractivity contribution in [3.8, 4) is 0 Å². The molecule has 0 saturated carbocycles. The van der Waals surface area contributed by atoms with Gasteiger partial charge in [-0.15, -0.1) is 12.4 Å². The summed E-state index contributed by atoms with van der Waals surface area (Å²) in [6, 6.07) is 6.67. The highest BCUT2D eigenvalue weighted by Crippen LogP contribution is 2.24. The standard InChI is InChI=1S/C21H23ClF3NO3.ClH/c1-21(2,10-13-3-5-15(22)16(23)9-13)26-11-18(27)14-7-12(4-6-19(28)29)8-17(24)20(14)25;/h3,5,7-9,18,26-27H,4,6,10-11H2,1-2H3,(H,28,29);1H/t18-;/m1./s1. The Morgan fingerprint density at radius 1 is 1.13 bits per heavy atom. The van der Waals surface area contributed by atoms with Crippen molar-refractivity contribution in [1.82, 2.24) is 5.32 Å². The number of hydrogen-bond acceptors (Lipinski definition) is 3. The van der Waals surface area contributed by atoms with Gasteiger partial charge in [0.1, 0.15) is 5.82 Å². The molecule has 30 heavy (non-hydrogen) atoms. The molecule has 0 aliphatic carbocycles. The number of nitrogens with one attached hydrogen (secondary N) is 1. The first-order valence-corrected chi connectivity index (χ1v) is 9.43. The van der Waals surface area contributed by atoms with Crippen molar-refractivity contribution in [3.63, 3.8) is 0 Å². The van der Waals surface area contributed by atoms with E-state index in [0.717, 1.165) is 6.07 Å². The highest BCUT2D eigenvalue weighted by Gasteiger charge is 2.23. The molecule has 2 aromatic rings.